The van der Waals surface area contributed by atoms with Crippen molar-refractivity contribution in [3.8, 4) is 0 Å². The van der Waals surface area contributed by atoms with Crippen LogP contribution >= 0.6 is 11.6 Å². The molecule has 2 aromatic carbocycles. The molecule has 0 atom stereocenters. The second-order valence-corrected chi connectivity index (χ2v) is 6.45. The number of aryl methyl sites for hydroxylation is 1. The minimum Gasteiger partial charge on any atom is -0.369 e. The third-order valence-electron chi connectivity index (χ3n) is 4.31. The van der Waals surface area contributed by atoms with Crippen LogP contribution in [0.1, 0.15) is 28.8 Å². The third kappa shape index (κ3) is 3.58. The average Bonchev–Trinajstić information content (AvgIpc) is 3.08. The normalized spacial score (nSPS) is 13.8. The Balaban J connectivity index is 1.87. The number of hydrogen-bond acceptors (Lipinski definition) is 4. The summed E-state index contributed by atoms with van der Waals surface area (Å²) in [5.41, 5.74) is 2.29. The monoisotopic (exact) mass is 359 g/mol. The fraction of sp³-hybridized carbons (Fsp3) is 0.278. The van der Waals surface area contributed by atoms with Gasteiger partial charge in [-0.15, -0.1) is 0 Å². The van der Waals surface area contributed by atoms with E-state index in [1.165, 1.54) is 18.2 Å². The second-order valence-electron chi connectivity index (χ2n) is 6.04. The van der Waals surface area contributed by atoms with Crippen molar-refractivity contribution in [2.24, 2.45) is 0 Å². The number of nitro benzene ring substituents is 1. The van der Waals surface area contributed by atoms with Crippen molar-refractivity contribution in [3.63, 3.8) is 0 Å². The Labute approximate surface area is 150 Å². The molecule has 0 aromatic heterocycles. The quantitative estimate of drug-likeness (QED) is 0.648. The number of anilines is 2. The van der Waals surface area contributed by atoms with Crippen LogP contribution in [0.15, 0.2) is 36.4 Å². The van der Waals surface area contributed by atoms with E-state index in [9.17, 15) is 14.9 Å². The van der Waals surface area contributed by atoms with Crippen molar-refractivity contribution in [1.82, 2.24) is 0 Å². The van der Waals surface area contributed by atoms with E-state index in [1.54, 1.807) is 19.1 Å². The SMILES string of the molecule is Cc1cc(C(=O)Nc2cccc(Cl)c2N2CCCC2)ccc1[N+](=O)[O-]. The minimum absolute atomic E-state index is 0.00272. The van der Waals surface area contributed by atoms with E-state index in [0.717, 1.165) is 31.6 Å². The van der Waals surface area contributed by atoms with Crippen molar-refractivity contribution >= 4 is 34.6 Å². The number of benzene rings is 2. The summed E-state index contributed by atoms with van der Waals surface area (Å²) in [4.78, 5) is 25.2. The molecule has 1 N–H and O–H groups in total. The number of rotatable bonds is 4. The molecular weight excluding hydrogens is 342 g/mol. The van der Waals surface area contributed by atoms with E-state index in [-0.39, 0.29) is 11.6 Å². The zero-order valence-corrected chi connectivity index (χ0v) is 14.5. The highest BCUT2D eigenvalue weighted by Gasteiger charge is 2.20. The van der Waals surface area contributed by atoms with Gasteiger partial charge in [0.25, 0.3) is 11.6 Å². The summed E-state index contributed by atoms with van der Waals surface area (Å²) in [5.74, 6) is -0.319. The summed E-state index contributed by atoms with van der Waals surface area (Å²) in [6.07, 6.45) is 2.19. The Morgan fingerprint density at radius 1 is 1.24 bits per heavy atom. The maximum Gasteiger partial charge on any atom is 0.272 e. The van der Waals surface area contributed by atoms with Crippen molar-refractivity contribution in [2.45, 2.75) is 19.8 Å². The fourth-order valence-corrected chi connectivity index (χ4v) is 3.37. The van der Waals surface area contributed by atoms with Gasteiger partial charge in [0.2, 0.25) is 0 Å². The van der Waals surface area contributed by atoms with E-state index in [1.807, 2.05) is 6.07 Å². The molecule has 1 amide bonds. The molecule has 0 saturated carbocycles. The van der Waals surface area contributed by atoms with Crippen LogP contribution in [0.5, 0.6) is 0 Å². The van der Waals surface area contributed by atoms with Gasteiger partial charge in [0, 0.05) is 30.3 Å². The number of para-hydroxylation sites is 1. The molecule has 1 fully saturated rings. The van der Waals surface area contributed by atoms with Crippen molar-refractivity contribution in [2.75, 3.05) is 23.3 Å². The Kier molecular flexibility index (Phi) is 4.90. The van der Waals surface area contributed by atoms with Gasteiger partial charge in [0.05, 0.1) is 21.3 Å². The zero-order chi connectivity index (χ0) is 18.0. The van der Waals surface area contributed by atoms with Crippen LogP contribution in [0.4, 0.5) is 17.1 Å². The molecule has 7 heteroatoms. The number of nitrogens with zero attached hydrogens (tertiary/aromatic N) is 2. The topological polar surface area (TPSA) is 75.5 Å². The molecule has 0 aliphatic carbocycles. The maximum atomic E-state index is 12.6. The summed E-state index contributed by atoms with van der Waals surface area (Å²) < 4.78 is 0. The fourth-order valence-electron chi connectivity index (χ4n) is 3.07. The van der Waals surface area contributed by atoms with Gasteiger partial charge in [-0.2, -0.15) is 0 Å². The molecule has 0 bridgehead atoms. The molecule has 1 aliphatic rings. The number of carbonyl (C=O) groups is 1. The Hall–Kier alpha value is -2.60. The first-order chi connectivity index (χ1) is 12.0. The lowest BCUT2D eigenvalue weighted by Crippen LogP contribution is -2.21. The van der Waals surface area contributed by atoms with Gasteiger partial charge in [-0.1, -0.05) is 17.7 Å². The first-order valence-corrected chi connectivity index (χ1v) is 8.45. The predicted octanol–water partition coefficient (Wildman–Crippen LogP) is 4.41. The van der Waals surface area contributed by atoms with Crippen molar-refractivity contribution < 1.29 is 9.72 Å². The summed E-state index contributed by atoms with van der Waals surface area (Å²) in [6, 6.07) is 9.74. The van der Waals surface area contributed by atoms with Crippen LogP contribution in [0.3, 0.4) is 0 Å². The molecule has 25 heavy (non-hydrogen) atoms. The number of halogens is 1. The second kappa shape index (κ2) is 7.11. The van der Waals surface area contributed by atoms with E-state index in [4.69, 9.17) is 11.6 Å². The molecular formula is C18H18ClN3O3. The van der Waals surface area contributed by atoms with Gasteiger partial charge in [0.1, 0.15) is 0 Å². The molecule has 1 saturated heterocycles. The molecule has 0 radical (unpaired) electrons. The number of carbonyl (C=O) groups excluding carboxylic acids is 1. The van der Waals surface area contributed by atoms with E-state index in [2.05, 4.69) is 10.2 Å². The lowest BCUT2D eigenvalue weighted by Gasteiger charge is -2.23. The average molecular weight is 360 g/mol. The lowest BCUT2D eigenvalue weighted by molar-refractivity contribution is -0.385. The molecule has 3 rings (SSSR count). The maximum absolute atomic E-state index is 12.6. The standard InChI is InChI=1S/C18H18ClN3O3/c1-12-11-13(7-8-16(12)22(24)25)18(23)20-15-6-4-5-14(19)17(15)21-9-2-3-10-21/h4-8,11H,2-3,9-10H2,1H3,(H,20,23). The van der Waals surface area contributed by atoms with Gasteiger partial charge in [-0.3, -0.25) is 14.9 Å². The van der Waals surface area contributed by atoms with Crippen molar-refractivity contribution in [1.29, 1.82) is 0 Å². The highest BCUT2D eigenvalue weighted by atomic mass is 35.5. The zero-order valence-electron chi connectivity index (χ0n) is 13.8. The summed E-state index contributed by atoms with van der Waals surface area (Å²) in [6.45, 7) is 3.43. The highest BCUT2D eigenvalue weighted by Crippen LogP contribution is 2.36. The van der Waals surface area contributed by atoms with E-state index >= 15 is 0 Å². The first-order valence-electron chi connectivity index (χ1n) is 8.07. The number of nitrogens with one attached hydrogen (secondary N) is 1. The van der Waals surface area contributed by atoms with Gasteiger partial charge in [0.15, 0.2) is 0 Å². The molecule has 1 heterocycles. The summed E-state index contributed by atoms with van der Waals surface area (Å²) in [5, 5.41) is 14.4. The molecule has 2 aromatic rings. The number of hydrogen-bond donors (Lipinski definition) is 1. The van der Waals surface area contributed by atoms with Gasteiger partial charge < -0.3 is 10.2 Å². The molecule has 1 aliphatic heterocycles. The van der Waals surface area contributed by atoms with E-state index in [0.29, 0.717) is 21.8 Å². The van der Waals surface area contributed by atoms with Crippen LogP contribution in [0.25, 0.3) is 0 Å². The van der Waals surface area contributed by atoms with Crippen LogP contribution < -0.4 is 10.2 Å². The number of nitro groups is 1. The van der Waals surface area contributed by atoms with Gasteiger partial charge >= 0.3 is 0 Å². The lowest BCUT2D eigenvalue weighted by atomic mass is 10.1. The van der Waals surface area contributed by atoms with E-state index < -0.39 is 4.92 Å². The Morgan fingerprint density at radius 3 is 2.60 bits per heavy atom. The summed E-state index contributed by atoms with van der Waals surface area (Å²) >= 11 is 6.35. The third-order valence-corrected chi connectivity index (χ3v) is 4.62. The summed E-state index contributed by atoms with van der Waals surface area (Å²) in [7, 11) is 0. The molecule has 6 nitrogen and oxygen atoms in total. The Morgan fingerprint density at radius 2 is 1.96 bits per heavy atom. The molecule has 0 unspecified atom stereocenters. The minimum atomic E-state index is -0.459. The van der Waals surface area contributed by atoms with Crippen LogP contribution in [0, 0.1) is 17.0 Å². The van der Waals surface area contributed by atoms with Crippen LogP contribution in [-0.4, -0.2) is 23.9 Å². The smallest absolute Gasteiger partial charge is 0.272 e. The van der Waals surface area contributed by atoms with Crippen LogP contribution in [-0.2, 0) is 0 Å². The molecule has 0 spiro atoms. The Bertz CT molecular complexity index is 832. The number of amides is 1. The first kappa shape index (κ1) is 17.2. The van der Waals surface area contributed by atoms with Gasteiger partial charge in [-0.25, -0.2) is 0 Å². The van der Waals surface area contributed by atoms with Crippen molar-refractivity contribution in [3.05, 3.63) is 62.7 Å². The largest absolute Gasteiger partial charge is 0.369 e. The van der Waals surface area contributed by atoms with Crippen LogP contribution in [0.2, 0.25) is 5.02 Å². The highest BCUT2D eigenvalue weighted by molar-refractivity contribution is 6.34. The van der Waals surface area contributed by atoms with Gasteiger partial charge in [-0.05, 0) is 44.0 Å². The molecule has 130 valence electrons. The predicted molar refractivity (Wildman–Crippen MR) is 98.7 cm³/mol.